The molecule has 3 aromatic heterocycles. The third kappa shape index (κ3) is 5.86. The van der Waals surface area contributed by atoms with Crippen molar-refractivity contribution in [2.45, 2.75) is 25.8 Å². The zero-order valence-electron chi connectivity index (χ0n) is 24.1. The van der Waals surface area contributed by atoms with E-state index in [4.69, 9.17) is 0 Å². The van der Waals surface area contributed by atoms with Gasteiger partial charge in [0.15, 0.2) is 0 Å². The molecule has 220 valence electrons. The second-order valence-corrected chi connectivity index (χ2v) is 11.7. The Morgan fingerprint density at radius 3 is 2.58 bits per heavy atom. The number of fused-ring (bicyclic) bond motifs is 1. The fraction of sp³-hybridized carbons (Fsp3) is 0.250. The Hall–Kier alpha value is -4.61. The summed E-state index contributed by atoms with van der Waals surface area (Å²) in [6.45, 7) is 3.63. The number of aryl methyl sites for hydroxylation is 1. The molecule has 1 amide bonds. The zero-order chi connectivity index (χ0) is 30.1. The molecule has 6 rings (SSSR count). The fourth-order valence-corrected chi connectivity index (χ4v) is 6.38. The number of nitrogens with zero attached hydrogens (tertiary/aromatic N) is 4. The number of thiophene rings is 1. The van der Waals surface area contributed by atoms with Crippen LogP contribution >= 0.6 is 11.3 Å². The molecule has 1 aliphatic heterocycles. The average Bonchev–Trinajstić information content (AvgIpc) is 3.47. The van der Waals surface area contributed by atoms with E-state index in [1.165, 1.54) is 22.1 Å². The number of halogens is 1. The SMILES string of the molecule is CNC1CCN(c2ccc(Nc3cc(-c4ccc(F)c(NC(=O)c5cc6ccccc6s5)c4C)nn(C)c3=O)nc2)CC1. The summed E-state index contributed by atoms with van der Waals surface area (Å²) in [6.07, 6.45) is 3.96. The second-order valence-electron chi connectivity index (χ2n) is 10.6. The van der Waals surface area contributed by atoms with E-state index in [-0.39, 0.29) is 16.9 Å². The lowest BCUT2D eigenvalue weighted by Crippen LogP contribution is -2.41. The van der Waals surface area contributed by atoms with Crippen LogP contribution in [0.2, 0.25) is 0 Å². The van der Waals surface area contributed by atoms with E-state index in [0.29, 0.717) is 33.6 Å². The maximum atomic E-state index is 15.0. The molecule has 0 radical (unpaired) electrons. The maximum Gasteiger partial charge on any atom is 0.290 e. The summed E-state index contributed by atoms with van der Waals surface area (Å²) in [4.78, 5) is 33.4. The van der Waals surface area contributed by atoms with Gasteiger partial charge in [0.2, 0.25) is 0 Å². The van der Waals surface area contributed by atoms with Gasteiger partial charge in [-0.05, 0) is 80.2 Å². The Labute approximate surface area is 252 Å². The Kier molecular flexibility index (Phi) is 7.92. The van der Waals surface area contributed by atoms with E-state index in [0.717, 1.165) is 41.7 Å². The van der Waals surface area contributed by atoms with Gasteiger partial charge < -0.3 is 20.9 Å². The highest BCUT2D eigenvalue weighted by Crippen LogP contribution is 2.32. The Morgan fingerprint density at radius 1 is 1.07 bits per heavy atom. The Balaban J connectivity index is 1.24. The third-order valence-corrected chi connectivity index (χ3v) is 9.03. The molecule has 5 aromatic rings. The van der Waals surface area contributed by atoms with Crippen LogP contribution in [0, 0.1) is 12.7 Å². The summed E-state index contributed by atoms with van der Waals surface area (Å²) in [5.74, 6) is -0.425. The van der Waals surface area contributed by atoms with Crippen molar-refractivity contribution < 1.29 is 9.18 Å². The molecule has 3 N–H and O–H groups in total. The number of piperidine rings is 1. The molecule has 0 unspecified atom stereocenters. The van der Waals surface area contributed by atoms with Gasteiger partial charge in [0.1, 0.15) is 17.3 Å². The highest BCUT2D eigenvalue weighted by molar-refractivity contribution is 7.20. The number of hydrogen-bond donors (Lipinski definition) is 3. The fourth-order valence-electron chi connectivity index (χ4n) is 5.42. The van der Waals surface area contributed by atoms with Crippen LogP contribution in [-0.2, 0) is 7.05 Å². The van der Waals surface area contributed by atoms with Crippen LogP contribution in [0.1, 0.15) is 28.1 Å². The number of carbonyl (C=O) groups is 1. The molecule has 2 aromatic carbocycles. The van der Waals surface area contributed by atoms with E-state index in [2.05, 4.69) is 30.9 Å². The first-order chi connectivity index (χ1) is 20.8. The lowest BCUT2D eigenvalue weighted by molar-refractivity contribution is 0.103. The predicted octanol–water partition coefficient (Wildman–Crippen LogP) is 5.69. The summed E-state index contributed by atoms with van der Waals surface area (Å²) < 4.78 is 17.2. The molecule has 0 aliphatic carbocycles. The first-order valence-corrected chi connectivity index (χ1v) is 15.0. The number of anilines is 4. The summed E-state index contributed by atoms with van der Waals surface area (Å²) in [5, 5.41) is 14.6. The monoisotopic (exact) mass is 597 g/mol. The van der Waals surface area contributed by atoms with Gasteiger partial charge in [0.05, 0.1) is 28.1 Å². The van der Waals surface area contributed by atoms with Crippen molar-refractivity contribution in [3.05, 3.63) is 93.5 Å². The van der Waals surface area contributed by atoms with Gasteiger partial charge >= 0.3 is 0 Å². The Bertz CT molecular complexity index is 1830. The van der Waals surface area contributed by atoms with Crippen LogP contribution in [0.15, 0.2) is 71.7 Å². The molecule has 9 nitrogen and oxygen atoms in total. The van der Waals surface area contributed by atoms with E-state index < -0.39 is 11.7 Å². The molecule has 11 heteroatoms. The number of aromatic nitrogens is 3. The number of hydrogen-bond acceptors (Lipinski definition) is 8. The minimum atomic E-state index is -0.557. The van der Waals surface area contributed by atoms with Gasteiger partial charge in [-0.3, -0.25) is 9.59 Å². The minimum Gasteiger partial charge on any atom is -0.370 e. The number of amides is 1. The van der Waals surface area contributed by atoms with E-state index in [1.54, 1.807) is 32.2 Å². The highest BCUT2D eigenvalue weighted by atomic mass is 32.1. The van der Waals surface area contributed by atoms with Gasteiger partial charge in [0, 0.05) is 36.4 Å². The molecular formula is C32H32FN7O2S. The zero-order valence-corrected chi connectivity index (χ0v) is 25.0. The van der Waals surface area contributed by atoms with Crippen molar-refractivity contribution in [2.75, 3.05) is 35.7 Å². The molecule has 43 heavy (non-hydrogen) atoms. The van der Waals surface area contributed by atoms with Crippen molar-refractivity contribution >= 4 is 50.2 Å². The van der Waals surface area contributed by atoms with Crippen LogP contribution in [-0.4, -0.2) is 46.9 Å². The van der Waals surface area contributed by atoms with Gasteiger partial charge in [0.25, 0.3) is 11.5 Å². The van der Waals surface area contributed by atoms with Crippen molar-refractivity contribution in [3.63, 3.8) is 0 Å². The van der Waals surface area contributed by atoms with Crippen LogP contribution < -0.4 is 26.4 Å². The standard InChI is InChI=1S/C32H32FN7O2S/c1-19-23(9-10-24(33)30(19)37-31(41)28-16-20-6-4-5-7-27(20)43-28)25-17-26(32(42)39(3)38-25)36-29-11-8-22(18-35-29)40-14-12-21(34-2)13-15-40/h4-11,16-18,21,34H,12-15H2,1-3H3,(H,35,36)(H,37,41). The lowest BCUT2D eigenvalue weighted by atomic mass is 10.0. The molecule has 0 saturated carbocycles. The summed E-state index contributed by atoms with van der Waals surface area (Å²) in [6, 6.07) is 18.4. The number of rotatable bonds is 7. The minimum absolute atomic E-state index is 0.0705. The smallest absolute Gasteiger partial charge is 0.290 e. The van der Waals surface area contributed by atoms with E-state index in [9.17, 15) is 9.59 Å². The summed E-state index contributed by atoms with van der Waals surface area (Å²) in [7, 11) is 3.56. The summed E-state index contributed by atoms with van der Waals surface area (Å²) >= 11 is 1.35. The average molecular weight is 598 g/mol. The van der Waals surface area contributed by atoms with Crippen molar-refractivity contribution in [3.8, 4) is 11.3 Å². The maximum absolute atomic E-state index is 15.0. The number of carbonyl (C=O) groups excluding carboxylic acids is 1. The van der Waals surface area contributed by atoms with Crippen LogP contribution in [0.25, 0.3) is 21.3 Å². The molecule has 0 spiro atoms. The molecule has 0 atom stereocenters. The van der Waals surface area contributed by atoms with Gasteiger partial charge in [-0.1, -0.05) is 18.2 Å². The van der Waals surface area contributed by atoms with E-state index >= 15 is 4.39 Å². The van der Waals surface area contributed by atoms with Gasteiger partial charge in [-0.25, -0.2) is 14.1 Å². The highest BCUT2D eigenvalue weighted by Gasteiger charge is 2.20. The Morgan fingerprint density at radius 2 is 1.86 bits per heavy atom. The molecule has 1 fully saturated rings. The quantitative estimate of drug-likeness (QED) is 0.222. The summed E-state index contributed by atoms with van der Waals surface area (Å²) in [5.41, 5.74) is 2.58. The van der Waals surface area contributed by atoms with Crippen LogP contribution in [0.3, 0.4) is 0 Å². The van der Waals surface area contributed by atoms with Gasteiger partial charge in [-0.2, -0.15) is 5.10 Å². The predicted molar refractivity (Wildman–Crippen MR) is 171 cm³/mol. The number of pyridine rings is 1. The second kappa shape index (κ2) is 11.9. The molecule has 4 heterocycles. The molecular weight excluding hydrogens is 565 g/mol. The van der Waals surface area contributed by atoms with E-state index in [1.807, 2.05) is 49.6 Å². The number of benzene rings is 2. The number of nitrogens with one attached hydrogen (secondary N) is 3. The largest absolute Gasteiger partial charge is 0.370 e. The van der Waals surface area contributed by atoms with Crippen molar-refractivity contribution in [1.82, 2.24) is 20.1 Å². The van der Waals surface area contributed by atoms with Crippen LogP contribution in [0.4, 0.5) is 27.3 Å². The molecule has 0 bridgehead atoms. The first kappa shape index (κ1) is 28.5. The first-order valence-electron chi connectivity index (χ1n) is 14.1. The lowest BCUT2D eigenvalue weighted by Gasteiger charge is -2.33. The van der Waals surface area contributed by atoms with Crippen LogP contribution in [0.5, 0.6) is 0 Å². The molecule has 1 saturated heterocycles. The normalized spacial score (nSPS) is 13.8. The third-order valence-electron chi connectivity index (χ3n) is 7.92. The topological polar surface area (TPSA) is 104 Å². The van der Waals surface area contributed by atoms with Gasteiger partial charge in [-0.15, -0.1) is 11.3 Å². The van der Waals surface area contributed by atoms with Crippen molar-refractivity contribution in [1.29, 1.82) is 0 Å². The molecule has 1 aliphatic rings. The van der Waals surface area contributed by atoms with Crippen molar-refractivity contribution in [2.24, 2.45) is 7.05 Å².